The molecular formula is C14H23N5O4S. The van der Waals surface area contributed by atoms with Gasteiger partial charge in [-0.3, -0.25) is 4.68 Å². The molecule has 0 saturated carbocycles. The van der Waals surface area contributed by atoms with Crippen LogP contribution < -0.4 is 0 Å². The Labute approximate surface area is 141 Å². The monoisotopic (exact) mass is 357 g/mol. The van der Waals surface area contributed by atoms with Crippen LogP contribution in [0, 0.1) is 0 Å². The van der Waals surface area contributed by atoms with Crippen molar-refractivity contribution < 1.29 is 17.9 Å². The van der Waals surface area contributed by atoms with Crippen molar-refractivity contribution in [3.63, 3.8) is 0 Å². The lowest BCUT2D eigenvalue weighted by Gasteiger charge is -2.32. The maximum absolute atomic E-state index is 12.7. The number of amides is 2. The number of rotatable bonds is 2. The van der Waals surface area contributed by atoms with Gasteiger partial charge in [0, 0.05) is 52.5 Å². The molecule has 24 heavy (non-hydrogen) atoms. The van der Waals surface area contributed by atoms with Crippen LogP contribution >= 0.6 is 0 Å². The Bertz CT molecular complexity index is 683. The number of carbonyl (C=O) groups excluding carboxylic acids is 1. The molecule has 0 radical (unpaired) electrons. The molecule has 2 saturated heterocycles. The number of hydrogen-bond acceptors (Lipinski definition) is 5. The van der Waals surface area contributed by atoms with Crippen LogP contribution in [0.5, 0.6) is 0 Å². The number of hydrogen-bond donors (Lipinski definition) is 0. The normalized spacial score (nSPS) is 20.9. The Hall–Kier alpha value is -1.65. The van der Waals surface area contributed by atoms with Crippen LogP contribution in [-0.4, -0.2) is 90.8 Å². The van der Waals surface area contributed by atoms with Crippen LogP contribution in [0.15, 0.2) is 17.3 Å². The van der Waals surface area contributed by atoms with Crippen LogP contribution in [-0.2, 0) is 21.8 Å². The van der Waals surface area contributed by atoms with Crippen molar-refractivity contribution in [1.29, 1.82) is 0 Å². The highest BCUT2D eigenvalue weighted by atomic mass is 32.2. The van der Waals surface area contributed by atoms with E-state index < -0.39 is 10.0 Å². The Morgan fingerprint density at radius 1 is 1.08 bits per heavy atom. The summed E-state index contributed by atoms with van der Waals surface area (Å²) in [5.41, 5.74) is 0. The van der Waals surface area contributed by atoms with E-state index in [2.05, 4.69) is 5.10 Å². The first-order valence-corrected chi connectivity index (χ1v) is 9.53. The molecule has 1 aromatic rings. The lowest BCUT2D eigenvalue weighted by atomic mass is 10.4. The van der Waals surface area contributed by atoms with E-state index in [1.54, 1.807) is 16.8 Å². The average molecular weight is 357 g/mol. The van der Waals surface area contributed by atoms with Gasteiger partial charge in [0.1, 0.15) is 4.90 Å². The molecule has 3 rings (SSSR count). The van der Waals surface area contributed by atoms with Crippen molar-refractivity contribution in [2.24, 2.45) is 7.05 Å². The van der Waals surface area contributed by atoms with Gasteiger partial charge in [-0.15, -0.1) is 0 Å². The minimum absolute atomic E-state index is 0.0288. The Morgan fingerprint density at radius 2 is 1.79 bits per heavy atom. The van der Waals surface area contributed by atoms with Crippen molar-refractivity contribution in [2.45, 2.75) is 11.3 Å². The summed E-state index contributed by atoms with van der Waals surface area (Å²) >= 11 is 0. The zero-order chi connectivity index (χ0) is 17.2. The number of carbonyl (C=O) groups is 1. The van der Waals surface area contributed by atoms with Gasteiger partial charge in [-0.2, -0.15) is 9.40 Å². The van der Waals surface area contributed by atoms with E-state index in [0.29, 0.717) is 58.9 Å². The molecule has 0 bridgehead atoms. The quantitative estimate of drug-likeness (QED) is 0.717. The molecule has 134 valence electrons. The summed E-state index contributed by atoms with van der Waals surface area (Å²) in [4.78, 5) is 16.3. The summed E-state index contributed by atoms with van der Waals surface area (Å²) in [5.74, 6) is 0. The molecule has 9 nitrogen and oxygen atoms in total. The van der Waals surface area contributed by atoms with Crippen LogP contribution in [0.1, 0.15) is 6.42 Å². The second-order valence-corrected chi connectivity index (χ2v) is 7.91. The first kappa shape index (κ1) is 17.2. The molecule has 3 heterocycles. The molecule has 2 aliphatic heterocycles. The number of morpholine rings is 1. The second-order valence-electron chi connectivity index (χ2n) is 5.98. The van der Waals surface area contributed by atoms with E-state index in [1.165, 1.54) is 21.4 Å². The standard InChI is InChI=1S/C14H23N5O4S/c1-16-12-13(11-15-16)24(21,22)19-4-2-3-17(5-6-19)14(20)18-7-9-23-10-8-18/h11-12H,2-10H2,1H3. The van der Waals surface area contributed by atoms with Crippen molar-refractivity contribution in [1.82, 2.24) is 23.9 Å². The third-order valence-electron chi connectivity index (χ3n) is 4.33. The van der Waals surface area contributed by atoms with E-state index in [4.69, 9.17) is 4.74 Å². The van der Waals surface area contributed by atoms with E-state index in [9.17, 15) is 13.2 Å². The van der Waals surface area contributed by atoms with Crippen molar-refractivity contribution >= 4 is 16.1 Å². The minimum atomic E-state index is -3.56. The summed E-state index contributed by atoms with van der Waals surface area (Å²) in [6.45, 7) is 3.96. The number of nitrogens with zero attached hydrogens (tertiary/aromatic N) is 5. The van der Waals surface area contributed by atoms with Gasteiger partial charge in [-0.05, 0) is 6.42 Å². The summed E-state index contributed by atoms with van der Waals surface area (Å²) in [6.07, 6.45) is 3.48. The molecule has 0 aliphatic carbocycles. The number of urea groups is 1. The van der Waals surface area contributed by atoms with Gasteiger partial charge in [0.15, 0.2) is 0 Å². The highest BCUT2D eigenvalue weighted by Crippen LogP contribution is 2.17. The Kier molecular flexibility index (Phi) is 5.07. The molecule has 10 heteroatoms. The lowest BCUT2D eigenvalue weighted by molar-refractivity contribution is 0.0437. The van der Waals surface area contributed by atoms with Crippen LogP contribution in [0.4, 0.5) is 4.79 Å². The van der Waals surface area contributed by atoms with Gasteiger partial charge < -0.3 is 14.5 Å². The van der Waals surface area contributed by atoms with Gasteiger partial charge in [0.2, 0.25) is 10.0 Å². The second kappa shape index (κ2) is 7.08. The van der Waals surface area contributed by atoms with E-state index >= 15 is 0 Å². The molecule has 0 unspecified atom stereocenters. The largest absolute Gasteiger partial charge is 0.378 e. The molecule has 0 aromatic carbocycles. The fourth-order valence-electron chi connectivity index (χ4n) is 2.96. The van der Waals surface area contributed by atoms with Gasteiger partial charge in [0.25, 0.3) is 0 Å². The SMILES string of the molecule is Cn1cc(S(=O)(=O)N2CCCN(C(=O)N3CCOCC3)CC2)cn1. The smallest absolute Gasteiger partial charge is 0.320 e. The number of aromatic nitrogens is 2. The highest BCUT2D eigenvalue weighted by molar-refractivity contribution is 7.89. The van der Waals surface area contributed by atoms with Crippen molar-refractivity contribution in [3.8, 4) is 0 Å². The van der Waals surface area contributed by atoms with Crippen LogP contribution in [0.25, 0.3) is 0 Å². The van der Waals surface area contributed by atoms with Gasteiger partial charge in [-0.1, -0.05) is 0 Å². The fourth-order valence-corrected chi connectivity index (χ4v) is 4.42. The van der Waals surface area contributed by atoms with Gasteiger partial charge in [0.05, 0.1) is 19.4 Å². The minimum Gasteiger partial charge on any atom is -0.378 e. The summed E-state index contributed by atoms with van der Waals surface area (Å²) < 4.78 is 33.5. The summed E-state index contributed by atoms with van der Waals surface area (Å²) in [5, 5.41) is 3.93. The maximum atomic E-state index is 12.7. The molecule has 0 N–H and O–H groups in total. The molecule has 2 fully saturated rings. The number of aryl methyl sites for hydroxylation is 1. The summed E-state index contributed by atoms with van der Waals surface area (Å²) in [6, 6.07) is -0.0288. The molecule has 1 aromatic heterocycles. The van der Waals surface area contributed by atoms with E-state index in [-0.39, 0.29) is 10.9 Å². The number of ether oxygens (including phenoxy) is 1. The third kappa shape index (κ3) is 3.55. The van der Waals surface area contributed by atoms with Crippen LogP contribution in [0.2, 0.25) is 0 Å². The first-order valence-electron chi connectivity index (χ1n) is 8.09. The third-order valence-corrected chi connectivity index (χ3v) is 6.18. The van der Waals surface area contributed by atoms with Crippen molar-refractivity contribution in [2.75, 3.05) is 52.5 Å². The Morgan fingerprint density at radius 3 is 2.46 bits per heavy atom. The molecular weight excluding hydrogens is 334 g/mol. The topological polar surface area (TPSA) is 88.0 Å². The van der Waals surface area contributed by atoms with Gasteiger partial charge in [-0.25, -0.2) is 13.2 Å². The van der Waals surface area contributed by atoms with Crippen LogP contribution in [0.3, 0.4) is 0 Å². The van der Waals surface area contributed by atoms with E-state index in [1.807, 2.05) is 0 Å². The average Bonchev–Trinajstić information content (AvgIpc) is 2.88. The zero-order valence-corrected chi connectivity index (χ0v) is 14.6. The predicted octanol–water partition coefficient (Wildman–Crippen LogP) is -0.431. The number of sulfonamides is 1. The molecule has 2 amide bonds. The predicted molar refractivity (Wildman–Crippen MR) is 85.9 cm³/mol. The summed E-state index contributed by atoms with van der Waals surface area (Å²) in [7, 11) is -1.88. The molecule has 0 spiro atoms. The first-order chi connectivity index (χ1) is 11.5. The maximum Gasteiger partial charge on any atom is 0.320 e. The van der Waals surface area contributed by atoms with E-state index in [0.717, 1.165) is 0 Å². The zero-order valence-electron chi connectivity index (χ0n) is 13.8. The Balaban J connectivity index is 1.65. The van der Waals surface area contributed by atoms with Crippen molar-refractivity contribution in [3.05, 3.63) is 12.4 Å². The molecule has 2 aliphatic rings. The lowest BCUT2D eigenvalue weighted by Crippen LogP contribution is -2.49. The fraction of sp³-hybridized carbons (Fsp3) is 0.714. The van der Waals surface area contributed by atoms with Gasteiger partial charge >= 0.3 is 6.03 Å². The highest BCUT2D eigenvalue weighted by Gasteiger charge is 2.30. The molecule has 0 atom stereocenters.